The molecule has 0 aliphatic carbocycles. The third-order valence-electron chi connectivity index (χ3n) is 4.32. The number of nitro groups is 1. The van der Waals surface area contributed by atoms with Crippen molar-refractivity contribution in [2.75, 3.05) is 25.0 Å². The maximum Gasteiger partial charge on any atom is 0.416 e. The first-order valence-corrected chi connectivity index (χ1v) is 8.28. The van der Waals surface area contributed by atoms with E-state index in [2.05, 4.69) is 16.0 Å². The normalized spacial score (nSPS) is 20.5. The molecule has 26 heavy (non-hydrogen) atoms. The van der Waals surface area contributed by atoms with Crippen LogP contribution < -0.4 is 16.0 Å². The third kappa shape index (κ3) is 5.32. The number of anilines is 1. The van der Waals surface area contributed by atoms with Crippen molar-refractivity contribution in [3.8, 4) is 0 Å². The van der Waals surface area contributed by atoms with Crippen LogP contribution in [0.2, 0.25) is 0 Å². The Morgan fingerprint density at radius 3 is 2.77 bits per heavy atom. The summed E-state index contributed by atoms with van der Waals surface area (Å²) in [7, 11) is 0. The quantitative estimate of drug-likeness (QED) is 0.525. The van der Waals surface area contributed by atoms with Crippen LogP contribution in [0.3, 0.4) is 0 Å². The molecule has 1 aromatic rings. The minimum Gasteiger partial charge on any atom is -0.379 e. The number of carbonyl (C=O) groups excluding carboxylic acids is 1. The van der Waals surface area contributed by atoms with Crippen molar-refractivity contribution < 1.29 is 22.9 Å². The van der Waals surface area contributed by atoms with Gasteiger partial charge < -0.3 is 16.0 Å². The molecule has 0 spiro atoms. The van der Waals surface area contributed by atoms with E-state index in [0.29, 0.717) is 12.0 Å². The zero-order valence-corrected chi connectivity index (χ0v) is 14.2. The maximum atomic E-state index is 12.7. The fourth-order valence-corrected chi connectivity index (χ4v) is 2.83. The van der Waals surface area contributed by atoms with Crippen LogP contribution in [-0.2, 0) is 11.0 Å². The number of hydrogen-bond acceptors (Lipinski definition) is 5. The van der Waals surface area contributed by atoms with Gasteiger partial charge in [-0.2, -0.15) is 13.2 Å². The number of nitro benzene ring substituents is 1. The molecule has 1 saturated heterocycles. The number of halogens is 3. The third-order valence-corrected chi connectivity index (χ3v) is 4.32. The molecule has 2 rings (SSSR count). The van der Waals surface area contributed by atoms with Gasteiger partial charge in [-0.05, 0) is 37.6 Å². The van der Waals surface area contributed by atoms with Gasteiger partial charge in [0.05, 0.1) is 10.5 Å². The van der Waals surface area contributed by atoms with Gasteiger partial charge in [-0.1, -0.05) is 6.92 Å². The average Bonchev–Trinajstić information content (AvgIpc) is 2.56. The average molecular weight is 374 g/mol. The Morgan fingerprint density at radius 1 is 1.42 bits per heavy atom. The molecule has 0 saturated carbocycles. The summed E-state index contributed by atoms with van der Waals surface area (Å²) in [6.07, 6.45) is -3.77. The molecule has 0 radical (unpaired) electrons. The summed E-state index contributed by atoms with van der Waals surface area (Å²) in [6.45, 7) is 3.75. The SMILES string of the molecule is CC1CNCCC1NC(=O)CCNc1ccc(C(F)(F)F)cc1[N+](=O)[O-]. The fraction of sp³-hybridized carbons (Fsp3) is 0.562. The maximum absolute atomic E-state index is 12.7. The fourth-order valence-electron chi connectivity index (χ4n) is 2.83. The van der Waals surface area contributed by atoms with Gasteiger partial charge in [0.25, 0.3) is 5.69 Å². The summed E-state index contributed by atoms with van der Waals surface area (Å²) >= 11 is 0. The Balaban J connectivity index is 1.92. The highest BCUT2D eigenvalue weighted by molar-refractivity contribution is 5.77. The number of hydrogen-bond donors (Lipinski definition) is 3. The number of rotatable bonds is 6. The van der Waals surface area contributed by atoms with Crippen molar-refractivity contribution in [2.45, 2.75) is 32.0 Å². The molecular formula is C16H21F3N4O3. The Hall–Kier alpha value is -2.36. The molecule has 0 bridgehead atoms. The minimum atomic E-state index is -4.66. The number of nitrogens with one attached hydrogen (secondary N) is 3. The molecular weight excluding hydrogens is 353 g/mol. The number of amides is 1. The van der Waals surface area contributed by atoms with E-state index < -0.39 is 22.4 Å². The van der Waals surface area contributed by atoms with E-state index >= 15 is 0 Å². The molecule has 10 heteroatoms. The van der Waals surface area contributed by atoms with Gasteiger partial charge in [0, 0.05) is 25.1 Å². The van der Waals surface area contributed by atoms with Crippen LogP contribution in [0.4, 0.5) is 24.5 Å². The monoisotopic (exact) mass is 374 g/mol. The zero-order valence-electron chi connectivity index (χ0n) is 14.2. The van der Waals surface area contributed by atoms with Gasteiger partial charge in [0.1, 0.15) is 5.69 Å². The Labute approximate surface area is 148 Å². The van der Waals surface area contributed by atoms with Crippen LogP contribution in [0.1, 0.15) is 25.3 Å². The molecule has 3 N–H and O–H groups in total. The second kappa shape index (κ2) is 8.35. The summed E-state index contributed by atoms with van der Waals surface area (Å²) in [6, 6.07) is 2.34. The molecule has 144 valence electrons. The smallest absolute Gasteiger partial charge is 0.379 e. The van der Waals surface area contributed by atoms with E-state index in [9.17, 15) is 28.1 Å². The van der Waals surface area contributed by atoms with Gasteiger partial charge in [-0.15, -0.1) is 0 Å². The van der Waals surface area contributed by atoms with E-state index in [1.807, 2.05) is 6.92 Å². The van der Waals surface area contributed by atoms with Crippen LogP contribution in [0.25, 0.3) is 0 Å². The van der Waals surface area contributed by atoms with E-state index in [4.69, 9.17) is 0 Å². The highest BCUT2D eigenvalue weighted by Gasteiger charge is 2.33. The Morgan fingerprint density at radius 2 is 2.15 bits per heavy atom. The van der Waals surface area contributed by atoms with Gasteiger partial charge in [0.15, 0.2) is 0 Å². The van der Waals surface area contributed by atoms with E-state index in [1.54, 1.807) is 0 Å². The molecule has 0 aromatic heterocycles. The summed E-state index contributed by atoms with van der Waals surface area (Å²) in [5.74, 6) is 0.0995. The number of nitrogens with zero attached hydrogens (tertiary/aromatic N) is 1. The van der Waals surface area contributed by atoms with Crippen molar-refractivity contribution in [2.24, 2.45) is 5.92 Å². The van der Waals surface area contributed by atoms with Gasteiger partial charge >= 0.3 is 6.18 Å². The molecule has 2 unspecified atom stereocenters. The first-order valence-electron chi connectivity index (χ1n) is 8.28. The van der Waals surface area contributed by atoms with Gasteiger partial charge in [0.2, 0.25) is 5.91 Å². The van der Waals surface area contributed by atoms with E-state index in [1.165, 1.54) is 0 Å². The summed E-state index contributed by atoms with van der Waals surface area (Å²) < 4.78 is 38.0. The lowest BCUT2D eigenvalue weighted by Gasteiger charge is -2.30. The second-order valence-electron chi connectivity index (χ2n) is 6.31. The number of piperidine rings is 1. The lowest BCUT2D eigenvalue weighted by Crippen LogP contribution is -2.48. The van der Waals surface area contributed by atoms with Gasteiger partial charge in [-0.25, -0.2) is 0 Å². The lowest BCUT2D eigenvalue weighted by atomic mass is 9.95. The Bertz CT molecular complexity index is 667. The van der Waals surface area contributed by atoms with E-state index in [0.717, 1.165) is 31.6 Å². The van der Waals surface area contributed by atoms with Gasteiger partial charge in [-0.3, -0.25) is 14.9 Å². The first-order chi connectivity index (χ1) is 12.2. The highest BCUT2D eigenvalue weighted by atomic mass is 19.4. The molecule has 1 aliphatic heterocycles. The molecule has 1 aliphatic rings. The standard InChI is InChI=1S/C16H21F3N4O3/c1-10-9-20-6-4-12(10)22-15(24)5-7-21-13-3-2-11(16(17,18)19)8-14(13)23(25)26/h2-3,8,10,12,20-21H,4-7,9H2,1H3,(H,22,24). The lowest BCUT2D eigenvalue weighted by molar-refractivity contribution is -0.384. The summed E-state index contributed by atoms with van der Waals surface area (Å²) in [4.78, 5) is 22.1. The van der Waals surface area contributed by atoms with Crippen LogP contribution in [0, 0.1) is 16.0 Å². The molecule has 1 heterocycles. The van der Waals surface area contributed by atoms with Crippen molar-refractivity contribution in [3.05, 3.63) is 33.9 Å². The van der Waals surface area contributed by atoms with Crippen LogP contribution in [-0.4, -0.2) is 36.5 Å². The van der Waals surface area contributed by atoms with Crippen molar-refractivity contribution in [3.63, 3.8) is 0 Å². The predicted molar refractivity (Wildman–Crippen MR) is 89.8 cm³/mol. The number of alkyl halides is 3. The summed E-state index contributed by atoms with van der Waals surface area (Å²) in [5, 5.41) is 19.8. The topological polar surface area (TPSA) is 96.3 Å². The molecule has 1 amide bonds. The molecule has 2 atom stereocenters. The minimum absolute atomic E-state index is 0.0500. The first kappa shape index (κ1) is 20.0. The van der Waals surface area contributed by atoms with Crippen LogP contribution in [0.15, 0.2) is 18.2 Å². The number of benzene rings is 1. The largest absolute Gasteiger partial charge is 0.416 e. The predicted octanol–water partition coefficient (Wildman–Crippen LogP) is 2.53. The van der Waals surface area contributed by atoms with Crippen LogP contribution in [0.5, 0.6) is 0 Å². The van der Waals surface area contributed by atoms with Crippen molar-refractivity contribution in [1.29, 1.82) is 0 Å². The van der Waals surface area contributed by atoms with E-state index in [-0.39, 0.29) is 30.6 Å². The Kier molecular flexibility index (Phi) is 6.41. The van der Waals surface area contributed by atoms with Crippen molar-refractivity contribution >= 4 is 17.3 Å². The van der Waals surface area contributed by atoms with Crippen molar-refractivity contribution in [1.82, 2.24) is 10.6 Å². The second-order valence-corrected chi connectivity index (χ2v) is 6.31. The highest BCUT2D eigenvalue weighted by Crippen LogP contribution is 2.34. The number of carbonyl (C=O) groups is 1. The zero-order chi connectivity index (χ0) is 19.3. The summed E-state index contributed by atoms with van der Waals surface area (Å²) in [5.41, 5.74) is -1.81. The molecule has 1 aromatic carbocycles. The molecule has 7 nitrogen and oxygen atoms in total. The van der Waals surface area contributed by atoms with Crippen LogP contribution >= 0.6 is 0 Å². The molecule has 1 fully saturated rings.